The molecular weight excluding hydrogens is 198 g/mol. The Morgan fingerprint density at radius 2 is 1.79 bits per heavy atom. The molecule has 0 saturated heterocycles. The second kappa shape index (κ2) is 3.36. The third-order valence-electron chi connectivity index (χ3n) is 1.48. The predicted molar refractivity (Wildman–Crippen MR) is 41.5 cm³/mol. The fraction of sp³-hybridized carbons (Fsp3) is 0. The lowest BCUT2D eigenvalue weighted by Crippen LogP contribution is -2.12. The van der Waals surface area contributed by atoms with Gasteiger partial charge in [-0.25, -0.2) is 0 Å². The Balaban J connectivity index is 3.39. The SMILES string of the molecule is NC(=O)c1cc(F)c([N+](=O)[O-])c(F)c1. The van der Waals surface area contributed by atoms with Crippen molar-refractivity contribution < 1.29 is 18.5 Å². The molecule has 0 aromatic heterocycles. The summed E-state index contributed by atoms with van der Waals surface area (Å²) >= 11 is 0. The molecule has 0 saturated carbocycles. The molecule has 0 fully saturated rings. The predicted octanol–water partition coefficient (Wildman–Crippen LogP) is 0.972. The summed E-state index contributed by atoms with van der Waals surface area (Å²) < 4.78 is 25.7. The number of carbonyl (C=O) groups is 1. The van der Waals surface area contributed by atoms with E-state index in [1.54, 1.807) is 0 Å². The summed E-state index contributed by atoms with van der Waals surface area (Å²) in [5.41, 5.74) is 2.99. The molecule has 1 amide bonds. The summed E-state index contributed by atoms with van der Waals surface area (Å²) in [6, 6.07) is 1.03. The zero-order valence-corrected chi connectivity index (χ0v) is 6.66. The maximum atomic E-state index is 12.8. The van der Waals surface area contributed by atoms with Crippen molar-refractivity contribution in [2.75, 3.05) is 0 Å². The minimum absolute atomic E-state index is 0.453. The van der Waals surface area contributed by atoms with Crippen LogP contribution >= 0.6 is 0 Å². The zero-order valence-electron chi connectivity index (χ0n) is 6.66. The molecule has 0 unspecified atom stereocenters. The minimum atomic E-state index is -1.43. The van der Waals surface area contributed by atoms with E-state index in [0.717, 1.165) is 0 Å². The minimum Gasteiger partial charge on any atom is -0.366 e. The average molecular weight is 202 g/mol. The topological polar surface area (TPSA) is 86.2 Å². The van der Waals surface area contributed by atoms with E-state index in [9.17, 15) is 23.7 Å². The molecule has 2 N–H and O–H groups in total. The lowest BCUT2D eigenvalue weighted by atomic mass is 10.2. The van der Waals surface area contributed by atoms with E-state index in [4.69, 9.17) is 5.73 Å². The van der Waals surface area contributed by atoms with Crippen molar-refractivity contribution in [3.63, 3.8) is 0 Å². The summed E-state index contributed by atoms with van der Waals surface area (Å²) in [6.07, 6.45) is 0. The Kier molecular flexibility index (Phi) is 2.41. The molecule has 1 rings (SSSR count). The highest BCUT2D eigenvalue weighted by molar-refractivity contribution is 5.93. The third-order valence-corrected chi connectivity index (χ3v) is 1.48. The van der Waals surface area contributed by atoms with Crippen LogP contribution in [0, 0.1) is 21.7 Å². The van der Waals surface area contributed by atoms with Crippen LogP contribution in [0.25, 0.3) is 0 Å². The van der Waals surface area contributed by atoms with Crippen molar-refractivity contribution in [1.29, 1.82) is 0 Å². The van der Waals surface area contributed by atoms with Crippen LogP contribution in [0.1, 0.15) is 10.4 Å². The van der Waals surface area contributed by atoms with Crippen LogP contribution in [0.3, 0.4) is 0 Å². The highest BCUT2D eigenvalue weighted by Gasteiger charge is 2.22. The van der Waals surface area contributed by atoms with E-state index in [0.29, 0.717) is 12.1 Å². The van der Waals surface area contributed by atoms with Gasteiger partial charge in [0.1, 0.15) is 0 Å². The van der Waals surface area contributed by atoms with Crippen LogP contribution in [-0.4, -0.2) is 10.8 Å². The van der Waals surface area contributed by atoms with E-state index in [1.165, 1.54) is 0 Å². The molecule has 1 aromatic carbocycles. The molecule has 0 heterocycles. The van der Waals surface area contributed by atoms with E-state index >= 15 is 0 Å². The van der Waals surface area contributed by atoms with Crippen LogP contribution in [0.15, 0.2) is 12.1 Å². The molecule has 0 aliphatic rings. The van der Waals surface area contributed by atoms with Gasteiger partial charge >= 0.3 is 5.69 Å². The van der Waals surface area contributed by atoms with Crippen molar-refractivity contribution >= 4 is 11.6 Å². The molecule has 0 aliphatic carbocycles. The van der Waals surface area contributed by atoms with Crippen molar-refractivity contribution in [2.45, 2.75) is 0 Å². The molecule has 0 aliphatic heterocycles. The summed E-state index contributed by atoms with van der Waals surface area (Å²) in [7, 11) is 0. The van der Waals surface area contributed by atoms with Gasteiger partial charge in [0.25, 0.3) is 0 Å². The Morgan fingerprint density at radius 3 is 2.07 bits per heavy atom. The number of primary amides is 1. The fourth-order valence-electron chi connectivity index (χ4n) is 0.882. The molecule has 0 bridgehead atoms. The summed E-state index contributed by atoms with van der Waals surface area (Å²) in [6.45, 7) is 0. The number of nitro benzene ring substituents is 1. The molecule has 5 nitrogen and oxygen atoms in total. The van der Waals surface area contributed by atoms with Crippen LogP contribution in [-0.2, 0) is 0 Å². The highest BCUT2D eigenvalue weighted by atomic mass is 19.1. The van der Waals surface area contributed by atoms with Gasteiger partial charge in [-0.05, 0) is 12.1 Å². The average Bonchev–Trinajstić information content (AvgIpc) is 2.01. The van der Waals surface area contributed by atoms with Gasteiger partial charge in [-0.3, -0.25) is 14.9 Å². The largest absolute Gasteiger partial charge is 0.366 e. The van der Waals surface area contributed by atoms with Crippen LogP contribution in [0.5, 0.6) is 0 Å². The Labute approximate surface area is 76.3 Å². The first-order valence-corrected chi connectivity index (χ1v) is 3.36. The summed E-state index contributed by atoms with van der Waals surface area (Å²) in [4.78, 5) is 19.4. The highest BCUT2D eigenvalue weighted by Crippen LogP contribution is 2.22. The van der Waals surface area contributed by atoms with Crippen molar-refractivity contribution in [1.82, 2.24) is 0 Å². The fourth-order valence-corrected chi connectivity index (χ4v) is 0.882. The maximum absolute atomic E-state index is 12.8. The zero-order chi connectivity index (χ0) is 10.9. The smallest absolute Gasteiger partial charge is 0.340 e. The van der Waals surface area contributed by atoms with E-state index < -0.39 is 33.7 Å². The van der Waals surface area contributed by atoms with Gasteiger partial charge in [0.05, 0.1) is 4.92 Å². The first-order valence-electron chi connectivity index (χ1n) is 3.36. The molecule has 0 radical (unpaired) electrons. The Hall–Kier alpha value is -2.05. The lowest BCUT2D eigenvalue weighted by molar-refractivity contribution is -0.390. The number of halogens is 2. The molecule has 0 atom stereocenters. The number of hydrogen-bond acceptors (Lipinski definition) is 3. The molecule has 1 aromatic rings. The van der Waals surface area contributed by atoms with Crippen molar-refractivity contribution in [3.05, 3.63) is 39.4 Å². The third kappa shape index (κ3) is 1.65. The summed E-state index contributed by atoms with van der Waals surface area (Å²) in [5.74, 6) is -3.91. The molecule has 74 valence electrons. The number of amides is 1. The number of nitrogens with zero attached hydrogens (tertiary/aromatic N) is 1. The molecular formula is C7H4F2N2O3. The second-order valence-corrected chi connectivity index (χ2v) is 2.41. The lowest BCUT2D eigenvalue weighted by Gasteiger charge is -1.98. The van der Waals surface area contributed by atoms with E-state index in [1.807, 2.05) is 0 Å². The van der Waals surface area contributed by atoms with Crippen molar-refractivity contribution in [3.8, 4) is 0 Å². The second-order valence-electron chi connectivity index (χ2n) is 2.41. The number of nitro groups is 1. The first-order chi connectivity index (χ1) is 6.43. The van der Waals surface area contributed by atoms with Crippen LogP contribution in [0.2, 0.25) is 0 Å². The van der Waals surface area contributed by atoms with Gasteiger partial charge in [0.2, 0.25) is 17.5 Å². The number of hydrogen-bond donors (Lipinski definition) is 1. The number of nitrogens with two attached hydrogens (primary N) is 1. The van der Waals surface area contributed by atoms with Gasteiger partial charge in [0, 0.05) is 5.56 Å². The Bertz CT molecular complexity index is 396. The van der Waals surface area contributed by atoms with Gasteiger partial charge in [0.15, 0.2) is 0 Å². The molecule has 7 heteroatoms. The van der Waals surface area contributed by atoms with Crippen molar-refractivity contribution in [2.24, 2.45) is 5.73 Å². The molecule has 14 heavy (non-hydrogen) atoms. The Morgan fingerprint density at radius 1 is 1.36 bits per heavy atom. The van der Waals surface area contributed by atoms with E-state index in [2.05, 4.69) is 0 Å². The number of rotatable bonds is 2. The normalized spacial score (nSPS) is 9.86. The monoisotopic (exact) mass is 202 g/mol. The van der Waals surface area contributed by atoms with E-state index in [-0.39, 0.29) is 0 Å². The molecule has 0 spiro atoms. The first kappa shape index (κ1) is 10.0. The van der Waals surface area contributed by atoms with Gasteiger partial charge in [-0.15, -0.1) is 0 Å². The van der Waals surface area contributed by atoms with Gasteiger partial charge < -0.3 is 5.73 Å². The van der Waals surface area contributed by atoms with Gasteiger partial charge in [-0.2, -0.15) is 8.78 Å². The van der Waals surface area contributed by atoms with Crippen LogP contribution < -0.4 is 5.73 Å². The number of carbonyl (C=O) groups excluding carboxylic acids is 1. The quantitative estimate of drug-likeness (QED) is 0.572. The van der Waals surface area contributed by atoms with Gasteiger partial charge in [-0.1, -0.05) is 0 Å². The standard InChI is InChI=1S/C7H4F2N2O3/c8-4-1-3(7(10)12)2-5(9)6(4)11(13)14/h1-2H,(H2,10,12). The maximum Gasteiger partial charge on any atom is 0.340 e. The summed E-state index contributed by atoms with van der Waals surface area (Å²) in [5, 5.41) is 10.1. The van der Waals surface area contributed by atoms with Crippen LogP contribution in [0.4, 0.5) is 14.5 Å². The number of benzene rings is 1.